The number of carbonyl (C=O) groups is 1. The van der Waals surface area contributed by atoms with E-state index in [1.807, 2.05) is 20.8 Å². The van der Waals surface area contributed by atoms with E-state index in [0.29, 0.717) is 10.7 Å². The Kier molecular flexibility index (Phi) is 6.82. The number of aliphatic imine (C=N–C) groups is 1. The summed E-state index contributed by atoms with van der Waals surface area (Å²) in [6.07, 6.45) is 1.50. The van der Waals surface area contributed by atoms with Crippen LogP contribution in [0.4, 0.5) is 0 Å². The maximum atomic E-state index is 12.7. The fraction of sp³-hybridized carbons (Fsp3) is 0.250. The molecule has 11 heteroatoms. The van der Waals surface area contributed by atoms with E-state index in [1.165, 1.54) is 41.0 Å². The van der Waals surface area contributed by atoms with Gasteiger partial charge in [-0.1, -0.05) is 37.6 Å². The molecule has 0 aromatic heterocycles. The molecule has 1 N–H and O–H groups in total. The van der Waals surface area contributed by atoms with Crippen LogP contribution in [0.3, 0.4) is 0 Å². The molecule has 182 valence electrons. The fourth-order valence-corrected chi connectivity index (χ4v) is 5.06. The van der Waals surface area contributed by atoms with Crippen molar-refractivity contribution >= 4 is 49.9 Å². The van der Waals surface area contributed by atoms with Gasteiger partial charge in [-0.05, 0) is 61.5 Å². The molecule has 0 saturated carbocycles. The van der Waals surface area contributed by atoms with Crippen LogP contribution >= 0.6 is 11.8 Å². The van der Waals surface area contributed by atoms with Crippen molar-refractivity contribution in [2.45, 2.75) is 32.6 Å². The number of aryl methyl sites for hydroxylation is 1. The average Bonchev–Trinajstić information content (AvgIpc) is 3.23. The number of thioether (sulfide) groups is 1. The molecule has 4 rings (SSSR count). The van der Waals surface area contributed by atoms with Gasteiger partial charge in [0.15, 0.2) is 17.3 Å². The van der Waals surface area contributed by atoms with Gasteiger partial charge in [0.1, 0.15) is 9.94 Å². The average molecular weight is 513 g/mol. The maximum absolute atomic E-state index is 12.7. The first-order valence-corrected chi connectivity index (χ1v) is 13.1. The van der Waals surface area contributed by atoms with Crippen molar-refractivity contribution in [2.75, 3.05) is 6.61 Å². The smallest absolute Gasteiger partial charge is 0.339 e. The second-order valence-corrected chi connectivity index (χ2v) is 10.6. The SMILES string of the molecule is CCOc1cc(/C=C2/C(=N)N3N=C(C(C)C)SC3=NC2=O)ccc1OS(=O)(=O)c1ccc(C)cc1. The lowest BCUT2D eigenvalue weighted by atomic mass is 10.1. The first-order chi connectivity index (χ1) is 16.6. The van der Waals surface area contributed by atoms with Crippen LogP contribution < -0.4 is 8.92 Å². The molecule has 2 heterocycles. The second-order valence-electron chi connectivity index (χ2n) is 8.10. The Morgan fingerprint density at radius 2 is 1.86 bits per heavy atom. The predicted molar refractivity (Wildman–Crippen MR) is 136 cm³/mol. The van der Waals surface area contributed by atoms with E-state index in [4.69, 9.17) is 14.3 Å². The third-order valence-electron chi connectivity index (χ3n) is 5.05. The maximum Gasteiger partial charge on any atom is 0.339 e. The van der Waals surface area contributed by atoms with E-state index in [1.54, 1.807) is 31.2 Å². The third-order valence-corrected chi connectivity index (χ3v) is 7.51. The molecule has 0 unspecified atom stereocenters. The van der Waals surface area contributed by atoms with Gasteiger partial charge >= 0.3 is 10.1 Å². The van der Waals surface area contributed by atoms with Gasteiger partial charge in [-0.3, -0.25) is 10.2 Å². The zero-order valence-corrected chi connectivity index (χ0v) is 21.2. The van der Waals surface area contributed by atoms with E-state index in [2.05, 4.69) is 10.1 Å². The lowest BCUT2D eigenvalue weighted by molar-refractivity contribution is -0.114. The zero-order valence-electron chi connectivity index (χ0n) is 19.6. The monoisotopic (exact) mass is 512 g/mol. The van der Waals surface area contributed by atoms with Crippen LogP contribution in [0, 0.1) is 18.3 Å². The Labute approximate surface area is 208 Å². The Morgan fingerprint density at radius 1 is 1.14 bits per heavy atom. The number of hydrogen-bond acceptors (Lipinski definition) is 8. The molecule has 0 saturated heterocycles. The summed E-state index contributed by atoms with van der Waals surface area (Å²) in [4.78, 5) is 16.8. The number of fused-ring (bicyclic) bond motifs is 1. The summed E-state index contributed by atoms with van der Waals surface area (Å²) in [6.45, 7) is 7.84. The summed E-state index contributed by atoms with van der Waals surface area (Å²) in [5.74, 6) is -0.283. The summed E-state index contributed by atoms with van der Waals surface area (Å²) in [6, 6.07) is 10.9. The van der Waals surface area contributed by atoms with Gasteiger partial charge in [0.05, 0.1) is 12.2 Å². The van der Waals surface area contributed by atoms with E-state index >= 15 is 0 Å². The molecule has 0 radical (unpaired) electrons. The first-order valence-electron chi connectivity index (χ1n) is 10.9. The van der Waals surface area contributed by atoms with Crippen LogP contribution in [-0.2, 0) is 14.9 Å². The van der Waals surface area contributed by atoms with Crippen LogP contribution in [0.5, 0.6) is 11.5 Å². The molecule has 2 aliphatic rings. The minimum absolute atomic E-state index is 0.0158. The largest absolute Gasteiger partial charge is 0.490 e. The highest BCUT2D eigenvalue weighted by Crippen LogP contribution is 2.34. The first kappa shape index (κ1) is 24.7. The van der Waals surface area contributed by atoms with Crippen molar-refractivity contribution in [3.63, 3.8) is 0 Å². The Morgan fingerprint density at radius 3 is 2.51 bits per heavy atom. The van der Waals surface area contributed by atoms with Crippen molar-refractivity contribution in [3.05, 3.63) is 59.2 Å². The van der Waals surface area contributed by atoms with E-state index < -0.39 is 16.0 Å². The number of nitrogens with zero attached hydrogens (tertiary/aromatic N) is 3. The molecule has 0 aliphatic carbocycles. The molecule has 2 aliphatic heterocycles. The Balaban J connectivity index is 1.65. The minimum Gasteiger partial charge on any atom is -0.490 e. The fourth-order valence-electron chi connectivity index (χ4n) is 3.23. The highest BCUT2D eigenvalue weighted by molar-refractivity contribution is 8.27. The number of amidine groups is 2. The molecule has 9 nitrogen and oxygen atoms in total. The van der Waals surface area contributed by atoms with Gasteiger partial charge in [-0.25, -0.2) is 0 Å². The summed E-state index contributed by atoms with van der Waals surface area (Å²) >= 11 is 1.28. The number of hydrazone groups is 1. The topological polar surface area (TPSA) is 121 Å². The van der Waals surface area contributed by atoms with Crippen LogP contribution in [0.15, 0.2) is 63.0 Å². The van der Waals surface area contributed by atoms with Crippen LogP contribution in [0.2, 0.25) is 0 Å². The number of benzene rings is 2. The number of rotatable bonds is 7. The Bertz CT molecular complexity index is 1390. The lowest BCUT2D eigenvalue weighted by Gasteiger charge is -2.20. The molecular weight excluding hydrogens is 488 g/mol. The normalized spacial score (nSPS) is 16.9. The van der Waals surface area contributed by atoms with Gasteiger partial charge in [0, 0.05) is 5.92 Å². The molecule has 0 fully saturated rings. The molecular formula is C24H24N4O5S2. The highest BCUT2D eigenvalue weighted by Gasteiger charge is 2.36. The van der Waals surface area contributed by atoms with Crippen molar-refractivity contribution in [1.29, 1.82) is 5.41 Å². The molecule has 0 bridgehead atoms. The van der Waals surface area contributed by atoms with Crippen LogP contribution in [0.25, 0.3) is 6.08 Å². The van der Waals surface area contributed by atoms with Crippen molar-refractivity contribution < 1.29 is 22.1 Å². The van der Waals surface area contributed by atoms with E-state index in [9.17, 15) is 13.2 Å². The van der Waals surface area contributed by atoms with E-state index in [-0.39, 0.29) is 40.3 Å². The molecule has 0 spiro atoms. The summed E-state index contributed by atoms with van der Waals surface area (Å²) in [7, 11) is -4.08. The molecule has 1 amide bonds. The number of amides is 1. The van der Waals surface area contributed by atoms with Crippen LogP contribution in [0.1, 0.15) is 31.9 Å². The predicted octanol–water partition coefficient (Wildman–Crippen LogP) is 4.44. The number of nitrogens with one attached hydrogen (secondary N) is 1. The third kappa shape index (κ3) is 5.15. The molecule has 0 atom stereocenters. The van der Waals surface area contributed by atoms with Crippen molar-refractivity contribution in [2.24, 2.45) is 16.0 Å². The van der Waals surface area contributed by atoms with Gasteiger partial charge in [-0.2, -0.15) is 23.5 Å². The quantitative estimate of drug-likeness (QED) is 0.430. The second kappa shape index (κ2) is 9.67. The summed E-state index contributed by atoms with van der Waals surface area (Å²) in [5, 5.41) is 15.4. The van der Waals surface area contributed by atoms with Crippen molar-refractivity contribution in [1.82, 2.24) is 5.01 Å². The number of hydrogen-bond donors (Lipinski definition) is 1. The number of carbonyl (C=O) groups excluding carboxylic acids is 1. The number of ether oxygens (including phenoxy) is 1. The lowest BCUT2D eigenvalue weighted by Crippen LogP contribution is -2.35. The molecule has 2 aromatic rings. The standard InChI is InChI=1S/C24H24N4O5S2/c1-5-32-20-13-16(8-11-19(20)33-35(30,31)17-9-6-15(4)7-10-17)12-18-21(25)28-24(26-22(18)29)34-23(27-28)14(2)3/h6-14,25H,5H2,1-4H3/b18-12-,25-21?. The summed E-state index contributed by atoms with van der Waals surface area (Å²) < 4.78 is 36.4. The molecule has 35 heavy (non-hydrogen) atoms. The zero-order chi connectivity index (χ0) is 25.3. The van der Waals surface area contributed by atoms with Gasteiger partial charge < -0.3 is 8.92 Å². The molecule has 2 aromatic carbocycles. The van der Waals surface area contributed by atoms with Gasteiger partial charge in [-0.15, -0.1) is 0 Å². The van der Waals surface area contributed by atoms with Crippen molar-refractivity contribution in [3.8, 4) is 11.5 Å². The van der Waals surface area contributed by atoms with Crippen LogP contribution in [-0.4, -0.2) is 42.0 Å². The summed E-state index contributed by atoms with van der Waals surface area (Å²) in [5.41, 5.74) is 1.50. The minimum atomic E-state index is -4.08. The van der Waals surface area contributed by atoms with Gasteiger partial charge in [0.25, 0.3) is 5.91 Å². The Hall–Kier alpha value is -3.44. The highest BCUT2D eigenvalue weighted by atomic mass is 32.2. The van der Waals surface area contributed by atoms with E-state index in [0.717, 1.165) is 10.6 Å². The van der Waals surface area contributed by atoms with Gasteiger partial charge in [0.2, 0.25) is 5.17 Å².